The van der Waals surface area contributed by atoms with Crippen molar-refractivity contribution >= 4 is 23.2 Å². The molecule has 16 heavy (non-hydrogen) atoms. The quantitative estimate of drug-likeness (QED) is 0.915. The Hall–Kier alpha value is -1.10. The molecule has 2 rings (SSSR count). The summed E-state index contributed by atoms with van der Waals surface area (Å²) >= 11 is 11.9. The molecule has 1 aromatic heterocycles. The van der Waals surface area contributed by atoms with Crippen molar-refractivity contribution in [2.75, 3.05) is 6.54 Å². The van der Waals surface area contributed by atoms with Gasteiger partial charge in [-0.3, -0.25) is 4.57 Å². The third-order valence-electron chi connectivity index (χ3n) is 2.11. The van der Waals surface area contributed by atoms with Crippen LogP contribution in [0, 0.1) is 0 Å². The molecule has 2 N–H and O–H groups in total. The summed E-state index contributed by atoms with van der Waals surface area (Å²) in [6.45, 7) is 0.521. The first-order valence-corrected chi connectivity index (χ1v) is 5.51. The SMILES string of the molecule is NCCc1nncn1-c1cc(Cl)cc(Cl)c1. The molecule has 0 aliphatic rings. The predicted molar refractivity (Wildman–Crippen MR) is 64.1 cm³/mol. The van der Waals surface area contributed by atoms with E-state index >= 15 is 0 Å². The highest BCUT2D eigenvalue weighted by molar-refractivity contribution is 6.34. The predicted octanol–water partition coefficient (Wildman–Crippen LogP) is 2.08. The number of hydrogen-bond acceptors (Lipinski definition) is 3. The van der Waals surface area contributed by atoms with Gasteiger partial charge in [-0.05, 0) is 24.7 Å². The Bertz CT molecular complexity index is 475. The second-order valence-electron chi connectivity index (χ2n) is 3.28. The van der Waals surface area contributed by atoms with Crippen molar-refractivity contribution in [3.8, 4) is 5.69 Å². The van der Waals surface area contributed by atoms with Crippen LogP contribution in [0.5, 0.6) is 0 Å². The average Bonchev–Trinajstić information content (AvgIpc) is 2.65. The normalized spacial score (nSPS) is 10.7. The van der Waals surface area contributed by atoms with Crippen molar-refractivity contribution in [3.05, 3.63) is 40.4 Å². The van der Waals surface area contributed by atoms with Crippen molar-refractivity contribution in [1.29, 1.82) is 0 Å². The maximum Gasteiger partial charge on any atom is 0.138 e. The molecule has 0 radical (unpaired) electrons. The van der Waals surface area contributed by atoms with Crippen LogP contribution in [0.2, 0.25) is 10.0 Å². The Morgan fingerprint density at radius 1 is 1.19 bits per heavy atom. The first-order chi connectivity index (χ1) is 7.70. The number of aromatic nitrogens is 3. The number of hydrogen-bond donors (Lipinski definition) is 1. The summed E-state index contributed by atoms with van der Waals surface area (Å²) in [7, 11) is 0. The van der Waals surface area contributed by atoms with E-state index < -0.39 is 0 Å². The van der Waals surface area contributed by atoms with Crippen LogP contribution in [0.15, 0.2) is 24.5 Å². The van der Waals surface area contributed by atoms with Crippen LogP contribution >= 0.6 is 23.2 Å². The highest BCUT2D eigenvalue weighted by Gasteiger charge is 2.06. The average molecular weight is 257 g/mol. The van der Waals surface area contributed by atoms with Gasteiger partial charge in [-0.15, -0.1) is 10.2 Å². The van der Waals surface area contributed by atoms with E-state index in [1.54, 1.807) is 24.5 Å². The third-order valence-corrected chi connectivity index (χ3v) is 2.55. The number of rotatable bonds is 3. The van der Waals surface area contributed by atoms with Crippen LogP contribution in [0.25, 0.3) is 5.69 Å². The molecule has 2 aromatic rings. The highest BCUT2D eigenvalue weighted by Crippen LogP contribution is 2.22. The van der Waals surface area contributed by atoms with E-state index in [0.29, 0.717) is 23.0 Å². The zero-order valence-corrected chi connectivity index (χ0v) is 9.91. The summed E-state index contributed by atoms with van der Waals surface area (Å²) in [6.07, 6.45) is 2.27. The maximum absolute atomic E-state index is 5.93. The van der Waals surface area contributed by atoms with E-state index in [0.717, 1.165) is 11.5 Å². The molecule has 0 aliphatic carbocycles. The van der Waals surface area contributed by atoms with Crippen LogP contribution in [0.4, 0.5) is 0 Å². The van der Waals surface area contributed by atoms with Crippen molar-refractivity contribution in [2.24, 2.45) is 5.73 Å². The number of halogens is 2. The highest BCUT2D eigenvalue weighted by atomic mass is 35.5. The molecule has 0 spiro atoms. The molecular formula is C10H10Cl2N4. The van der Waals surface area contributed by atoms with Crippen LogP contribution < -0.4 is 5.73 Å². The lowest BCUT2D eigenvalue weighted by Gasteiger charge is -2.06. The zero-order valence-electron chi connectivity index (χ0n) is 8.40. The van der Waals surface area contributed by atoms with E-state index in [-0.39, 0.29) is 0 Å². The van der Waals surface area contributed by atoms with Crippen LogP contribution in [-0.2, 0) is 6.42 Å². The fraction of sp³-hybridized carbons (Fsp3) is 0.200. The minimum Gasteiger partial charge on any atom is -0.330 e. The number of benzene rings is 1. The molecular weight excluding hydrogens is 247 g/mol. The Morgan fingerprint density at radius 2 is 1.88 bits per heavy atom. The lowest BCUT2D eigenvalue weighted by molar-refractivity contribution is 0.830. The van der Waals surface area contributed by atoms with E-state index in [2.05, 4.69) is 10.2 Å². The maximum atomic E-state index is 5.93. The molecule has 0 unspecified atom stereocenters. The molecule has 0 saturated heterocycles. The third kappa shape index (κ3) is 2.35. The van der Waals surface area contributed by atoms with Crippen molar-refractivity contribution < 1.29 is 0 Å². The van der Waals surface area contributed by atoms with E-state index in [4.69, 9.17) is 28.9 Å². The minimum absolute atomic E-state index is 0.521. The van der Waals surface area contributed by atoms with Gasteiger partial charge in [0, 0.05) is 16.5 Å². The van der Waals surface area contributed by atoms with E-state index in [1.807, 2.05) is 4.57 Å². The molecule has 84 valence electrons. The van der Waals surface area contributed by atoms with Crippen molar-refractivity contribution in [1.82, 2.24) is 14.8 Å². The molecule has 6 heteroatoms. The molecule has 0 bridgehead atoms. The fourth-order valence-electron chi connectivity index (χ4n) is 1.45. The van der Waals surface area contributed by atoms with Gasteiger partial charge >= 0.3 is 0 Å². The summed E-state index contributed by atoms with van der Waals surface area (Å²) in [6, 6.07) is 5.28. The largest absolute Gasteiger partial charge is 0.330 e. The Morgan fingerprint density at radius 3 is 2.50 bits per heavy atom. The van der Waals surface area contributed by atoms with Gasteiger partial charge in [0.05, 0.1) is 5.69 Å². The molecule has 1 aromatic carbocycles. The molecule has 0 saturated carbocycles. The van der Waals surface area contributed by atoms with Crippen molar-refractivity contribution in [3.63, 3.8) is 0 Å². The van der Waals surface area contributed by atoms with Crippen molar-refractivity contribution in [2.45, 2.75) is 6.42 Å². The number of nitrogens with zero attached hydrogens (tertiary/aromatic N) is 3. The Labute approximate surface area is 103 Å². The summed E-state index contributed by atoms with van der Waals surface area (Å²) in [5.41, 5.74) is 6.33. The molecule has 0 fully saturated rings. The second-order valence-corrected chi connectivity index (χ2v) is 4.16. The first-order valence-electron chi connectivity index (χ1n) is 4.76. The van der Waals surface area contributed by atoms with Gasteiger partial charge in [-0.25, -0.2) is 0 Å². The van der Waals surface area contributed by atoms with Crippen LogP contribution in [-0.4, -0.2) is 21.3 Å². The Balaban J connectivity index is 2.45. The first kappa shape index (κ1) is 11.4. The fourth-order valence-corrected chi connectivity index (χ4v) is 1.97. The molecule has 0 amide bonds. The van der Waals surface area contributed by atoms with Gasteiger partial charge < -0.3 is 5.73 Å². The molecule has 1 heterocycles. The molecule has 4 nitrogen and oxygen atoms in total. The van der Waals surface area contributed by atoms with Gasteiger partial charge in [0.2, 0.25) is 0 Å². The van der Waals surface area contributed by atoms with E-state index in [1.165, 1.54) is 0 Å². The minimum atomic E-state index is 0.521. The van der Waals surface area contributed by atoms with Gasteiger partial charge in [-0.1, -0.05) is 23.2 Å². The standard InChI is InChI=1S/C10H10Cl2N4/c11-7-3-8(12)5-9(4-7)16-6-14-15-10(16)1-2-13/h3-6H,1-2,13H2. The lowest BCUT2D eigenvalue weighted by Crippen LogP contribution is -2.08. The van der Waals surface area contributed by atoms with Gasteiger partial charge in [0.15, 0.2) is 0 Å². The smallest absolute Gasteiger partial charge is 0.138 e. The van der Waals surface area contributed by atoms with Gasteiger partial charge in [0.1, 0.15) is 12.2 Å². The second kappa shape index (κ2) is 4.82. The van der Waals surface area contributed by atoms with Gasteiger partial charge in [0.25, 0.3) is 0 Å². The summed E-state index contributed by atoms with van der Waals surface area (Å²) in [5, 5.41) is 8.99. The molecule has 0 atom stereocenters. The van der Waals surface area contributed by atoms with E-state index in [9.17, 15) is 0 Å². The monoisotopic (exact) mass is 256 g/mol. The zero-order chi connectivity index (χ0) is 11.5. The summed E-state index contributed by atoms with van der Waals surface area (Å²) < 4.78 is 1.82. The van der Waals surface area contributed by atoms with Gasteiger partial charge in [-0.2, -0.15) is 0 Å². The Kier molecular flexibility index (Phi) is 3.43. The molecule has 0 aliphatic heterocycles. The lowest BCUT2D eigenvalue weighted by atomic mass is 10.3. The van der Waals surface area contributed by atoms with Crippen LogP contribution in [0.1, 0.15) is 5.82 Å². The number of nitrogens with two attached hydrogens (primary N) is 1. The summed E-state index contributed by atoms with van der Waals surface area (Å²) in [4.78, 5) is 0. The topological polar surface area (TPSA) is 56.7 Å². The summed E-state index contributed by atoms with van der Waals surface area (Å²) in [5.74, 6) is 0.792. The van der Waals surface area contributed by atoms with Crippen LogP contribution in [0.3, 0.4) is 0 Å².